The molecule has 0 bridgehead atoms. The van der Waals surface area contributed by atoms with E-state index in [1.165, 1.54) is 0 Å². The van der Waals surface area contributed by atoms with E-state index in [1.807, 2.05) is 18.2 Å². The molecule has 0 unspecified atom stereocenters. The molecule has 4 rings (SSSR count). The standard InChI is InChI=1S/C17H20N2O2/c1-16(2)6-8-17(9-7-16)13-12(18-15(20)19-17)4-3-11-5-10-21-14(11)13/h3-5,10H,6-9H2,1-2H3,(H2,18,19,20). The molecule has 2 aliphatic rings. The summed E-state index contributed by atoms with van der Waals surface area (Å²) in [5, 5.41) is 7.22. The Morgan fingerprint density at radius 2 is 1.86 bits per heavy atom. The van der Waals surface area contributed by atoms with Crippen molar-refractivity contribution >= 4 is 22.7 Å². The lowest BCUT2D eigenvalue weighted by Gasteiger charge is -2.46. The molecule has 4 heteroatoms. The fraction of sp³-hybridized carbons (Fsp3) is 0.471. The smallest absolute Gasteiger partial charge is 0.319 e. The number of rotatable bonds is 0. The second-order valence-corrected chi connectivity index (χ2v) is 7.15. The first kappa shape index (κ1) is 12.7. The fourth-order valence-corrected chi connectivity index (χ4v) is 3.77. The van der Waals surface area contributed by atoms with Gasteiger partial charge in [0.2, 0.25) is 0 Å². The van der Waals surface area contributed by atoms with Crippen molar-refractivity contribution in [3.05, 3.63) is 30.0 Å². The molecule has 2 heterocycles. The summed E-state index contributed by atoms with van der Waals surface area (Å²) in [7, 11) is 0. The lowest BCUT2D eigenvalue weighted by Crippen LogP contribution is -2.54. The zero-order valence-corrected chi connectivity index (χ0v) is 12.5. The van der Waals surface area contributed by atoms with Crippen LogP contribution in [0.2, 0.25) is 0 Å². The number of hydrogen-bond acceptors (Lipinski definition) is 2. The summed E-state index contributed by atoms with van der Waals surface area (Å²) in [6, 6.07) is 5.87. The molecular formula is C17H20N2O2. The highest BCUT2D eigenvalue weighted by atomic mass is 16.3. The van der Waals surface area contributed by atoms with Gasteiger partial charge in [-0.05, 0) is 49.3 Å². The Morgan fingerprint density at radius 3 is 2.62 bits per heavy atom. The van der Waals surface area contributed by atoms with Crippen LogP contribution in [0.3, 0.4) is 0 Å². The van der Waals surface area contributed by atoms with Crippen LogP contribution in [-0.4, -0.2) is 6.03 Å². The third kappa shape index (κ3) is 1.85. The summed E-state index contributed by atoms with van der Waals surface area (Å²) in [5.41, 5.74) is 2.98. The van der Waals surface area contributed by atoms with Crippen LogP contribution in [0.4, 0.5) is 10.5 Å². The second-order valence-electron chi connectivity index (χ2n) is 7.15. The van der Waals surface area contributed by atoms with Crippen molar-refractivity contribution in [1.29, 1.82) is 0 Å². The van der Waals surface area contributed by atoms with E-state index < -0.39 is 0 Å². The number of nitrogens with one attached hydrogen (secondary N) is 2. The minimum atomic E-state index is -0.287. The molecule has 21 heavy (non-hydrogen) atoms. The summed E-state index contributed by atoms with van der Waals surface area (Å²) in [4.78, 5) is 12.1. The lowest BCUT2D eigenvalue weighted by molar-refractivity contribution is 0.138. The Kier molecular flexibility index (Phi) is 2.44. The van der Waals surface area contributed by atoms with Crippen molar-refractivity contribution in [2.45, 2.75) is 45.1 Å². The number of amides is 2. The van der Waals surface area contributed by atoms with Gasteiger partial charge in [0.05, 0.1) is 17.5 Å². The predicted octanol–water partition coefficient (Wildman–Crippen LogP) is 4.36. The molecule has 0 radical (unpaired) electrons. The van der Waals surface area contributed by atoms with E-state index in [4.69, 9.17) is 4.42 Å². The zero-order chi connectivity index (χ0) is 14.7. The number of carbonyl (C=O) groups is 1. The molecular weight excluding hydrogens is 264 g/mol. The number of urea groups is 1. The minimum Gasteiger partial charge on any atom is -0.464 e. The molecule has 4 nitrogen and oxygen atoms in total. The van der Waals surface area contributed by atoms with Crippen molar-refractivity contribution in [2.75, 3.05) is 5.32 Å². The molecule has 1 spiro atoms. The summed E-state index contributed by atoms with van der Waals surface area (Å²) in [6.45, 7) is 4.61. The van der Waals surface area contributed by atoms with Gasteiger partial charge in [-0.25, -0.2) is 4.79 Å². The molecule has 1 saturated carbocycles. The van der Waals surface area contributed by atoms with Gasteiger partial charge in [-0.1, -0.05) is 13.8 Å². The number of carbonyl (C=O) groups excluding carboxylic acids is 1. The number of hydrogen-bond donors (Lipinski definition) is 2. The quantitative estimate of drug-likeness (QED) is 0.755. The van der Waals surface area contributed by atoms with Crippen LogP contribution in [-0.2, 0) is 5.54 Å². The van der Waals surface area contributed by atoms with E-state index in [0.29, 0.717) is 5.41 Å². The Morgan fingerprint density at radius 1 is 1.10 bits per heavy atom. The van der Waals surface area contributed by atoms with E-state index >= 15 is 0 Å². The van der Waals surface area contributed by atoms with Crippen LogP contribution in [0.25, 0.3) is 11.0 Å². The van der Waals surface area contributed by atoms with Crippen LogP contribution in [0.5, 0.6) is 0 Å². The molecule has 0 saturated heterocycles. The van der Waals surface area contributed by atoms with Gasteiger partial charge < -0.3 is 15.1 Å². The Bertz CT molecular complexity index is 719. The van der Waals surface area contributed by atoms with Crippen molar-refractivity contribution in [1.82, 2.24) is 5.32 Å². The average molecular weight is 284 g/mol. The third-order valence-electron chi connectivity index (χ3n) is 5.16. The van der Waals surface area contributed by atoms with Crippen LogP contribution in [0, 0.1) is 5.41 Å². The first-order valence-corrected chi connectivity index (χ1v) is 7.59. The van der Waals surface area contributed by atoms with Crippen molar-refractivity contribution < 1.29 is 9.21 Å². The monoisotopic (exact) mass is 284 g/mol. The topological polar surface area (TPSA) is 54.3 Å². The molecule has 0 atom stereocenters. The molecule has 110 valence electrons. The summed E-state index contributed by atoms with van der Waals surface area (Å²) >= 11 is 0. The van der Waals surface area contributed by atoms with Gasteiger partial charge in [0.25, 0.3) is 0 Å². The van der Waals surface area contributed by atoms with Crippen molar-refractivity contribution in [2.24, 2.45) is 5.41 Å². The largest absolute Gasteiger partial charge is 0.464 e. The lowest BCUT2D eigenvalue weighted by atomic mass is 9.66. The van der Waals surface area contributed by atoms with E-state index in [1.54, 1.807) is 6.26 Å². The number of benzene rings is 1. The summed E-state index contributed by atoms with van der Waals surface area (Å²) in [6.07, 6.45) is 5.84. The summed E-state index contributed by atoms with van der Waals surface area (Å²) < 4.78 is 5.74. The molecule has 1 fully saturated rings. The third-order valence-corrected chi connectivity index (χ3v) is 5.16. The number of anilines is 1. The summed E-state index contributed by atoms with van der Waals surface area (Å²) in [5.74, 6) is 0. The predicted molar refractivity (Wildman–Crippen MR) is 82.3 cm³/mol. The maximum absolute atomic E-state index is 12.1. The van der Waals surface area contributed by atoms with Crippen LogP contribution >= 0.6 is 0 Å². The molecule has 2 amide bonds. The van der Waals surface area contributed by atoms with Crippen LogP contribution < -0.4 is 10.6 Å². The Labute approximate surface area is 123 Å². The van der Waals surface area contributed by atoms with Gasteiger partial charge in [-0.15, -0.1) is 0 Å². The van der Waals surface area contributed by atoms with Crippen molar-refractivity contribution in [3.63, 3.8) is 0 Å². The zero-order valence-electron chi connectivity index (χ0n) is 12.5. The number of fused-ring (bicyclic) bond motifs is 4. The van der Waals surface area contributed by atoms with Crippen LogP contribution in [0.15, 0.2) is 28.9 Å². The average Bonchev–Trinajstić information content (AvgIpc) is 2.90. The molecule has 2 N–H and O–H groups in total. The fourth-order valence-electron chi connectivity index (χ4n) is 3.77. The van der Waals surface area contributed by atoms with Gasteiger partial charge in [-0.3, -0.25) is 0 Å². The molecule has 1 aliphatic heterocycles. The van der Waals surface area contributed by atoms with E-state index in [9.17, 15) is 4.79 Å². The maximum atomic E-state index is 12.1. The highest BCUT2D eigenvalue weighted by Crippen LogP contribution is 2.50. The minimum absolute atomic E-state index is 0.104. The SMILES string of the molecule is CC1(C)CCC2(CC1)NC(=O)Nc1ccc3ccoc3c12. The Balaban J connectivity index is 1.90. The van der Waals surface area contributed by atoms with Gasteiger partial charge in [0.1, 0.15) is 5.58 Å². The maximum Gasteiger partial charge on any atom is 0.319 e. The first-order valence-electron chi connectivity index (χ1n) is 7.59. The molecule has 1 aliphatic carbocycles. The highest BCUT2D eigenvalue weighted by molar-refractivity contribution is 5.99. The molecule has 2 aromatic rings. The van der Waals surface area contributed by atoms with Gasteiger partial charge in [-0.2, -0.15) is 0 Å². The first-order chi connectivity index (χ1) is 9.99. The normalized spacial score (nSPS) is 22.7. The number of furan rings is 1. The van der Waals surface area contributed by atoms with Gasteiger partial charge in [0.15, 0.2) is 0 Å². The van der Waals surface area contributed by atoms with E-state index in [2.05, 4.69) is 24.5 Å². The van der Waals surface area contributed by atoms with Crippen LogP contribution in [0.1, 0.15) is 45.1 Å². The van der Waals surface area contributed by atoms with Gasteiger partial charge >= 0.3 is 6.03 Å². The van der Waals surface area contributed by atoms with E-state index in [-0.39, 0.29) is 11.6 Å². The van der Waals surface area contributed by atoms with E-state index in [0.717, 1.165) is 47.9 Å². The molecule has 1 aromatic carbocycles. The molecule has 1 aromatic heterocycles. The van der Waals surface area contributed by atoms with Gasteiger partial charge in [0, 0.05) is 10.9 Å². The highest BCUT2D eigenvalue weighted by Gasteiger charge is 2.45. The van der Waals surface area contributed by atoms with Crippen molar-refractivity contribution in [3.8, 4) is 0 Å². The Hall–Kier alpha value is -1.97. The second kappa shape index (κ2) is 4.03.